The Labute approximate surface area is 121 Å². The first-order valence-electron chi connectivity index (χ1n) is 5.54. The van der Waals surface area contributed by atoms with Gasteiger partial charge in [0.1, 0.15) is 0 Å². The van der Waals surface area contributed by atoms with E-state index >= 15 is 0 Å². The van der Waals surface area contributed by atoms with Crippen LogP contribution in [0.2, 0.25) is 5.02 Å². The molecular weight excluding hydrogens is 318 g/mol. The standard InChI is InChI=1S/C13H17BrClNO2/c1-12(2,13(3,4)18)16-11(17)9-6-5-8(15)7-10(9)14/h5-7,18H,1-4H3,(H,16,17). The molecule has 0 aliphatic heterocycles. The Morgan fingerprint density at radius 2 is 1.89 bits per heavy atom. The van der Waals surface area contributed by atoms with E-state index in [1.54, 1.807) is 45.9 Å². The number of halogens is 2. The van der Waals surface area contributed by atoms with Crippen LogP contribution in [0.15, 0.2) is 22.7 Å². The van der Waals surface area contributed by atoms with Crippen LogP contribution in [0, 0.1) is 0 Å². The lowest BCUT2D eigenvalue weighted by atomic mass is 9.86. The third-order valence-electron chi connectivity index (χ3n) is 3.13. The van der Waals surface area contributed by atoms with Gasteiger partial charge in [-0.2, -0.15) is 0 Å². The lowest BCUT2D eigenvalue weighted by Crippen LogP contribution is -2.57. The van der Waals surface area contributed by atoms with E-state index in [0.717, 1.165) is 0 Å². The van der Waals surface area contributed by atoms with Gasteiger partial charge in [0.15, 0.2) is 0 Å². The lowest BCUT2D eigenvalue weighted by Gasteiger charge is -2.38. The smallest absolute Gasteiger partial charge is 0.252 e. The first kappa shape index (κ1) is 15.5. The van der Waals surface area contributed by atoms with Crippen molar-refractivity contribution in [1.29, 1.82) is 0 Å². The molecule has 0 saturated heterocycles. The van der Waals surface area contributed by atoms with E-state index < -0.39 is 11.1 Å². The van der Waals surface area contributed by atoms with E-state index in [-0.39, 0.29) is 5.91 Å². The number of benzene rings is 1. The van der Waals surface area contributed by atoms with Gasteiger partial charge in [0, 0.05) is 9.50 Å². The van der Waals surface area contributed by atoms with Crippen LogP contribution in [0.3, 0.4) is 0 Å². The van der Waals surface area contributed by atoms with E-state index in [1.807, 2.05) is 0 Å². The van der Waals surface area contributed by atoms with Gasteiger partial charge in [0.05, 0.1) is 16.7 Å². The third kappa shape index (κ3) is 3.46. The summed E-state index contributed by atoms with van der Waals surface area (Å²) >= 11 is 9.12. The maximum Gasteiger partial charge on any atom is 0.252 e. The van der Waals surface area contributed by atoms with Crippen LogP contribution in [-0.2, 0) is 0 Å². The molecular formula is C13H17BrClNO2. The summed E-state index contributed by atoms with van der Waals surface area (Å²) in [6, 6.07) is 4.95. The van der Waals surface area contributed by atoms with Crippen LogP contribution >= 0.6 is 27.5 Å². The number of hydrogen-bond acceptors (Lipinski definition) is 2. The number of rotatable bonds is 3. The topological polar surface area (TPSA) is 49.3 Å². The molecule has 3 nitrogen and oxygen atoms in total. The van der Waals surface area contributed by atoms with E-state index in [9.17, 15) is 9.90 Å². The summed E-state index contributed by atoms with van der Waals surface area (Å²) in [5.74, 6) is -0.259. The second-order valence-electron chi connectivity index (χ2n) is 5.26. The summed E-state index contributed by atoms with van der Waals surface area (Å²) in [6.45, 7) is 6.86. The zero-order valence-electron chi connectivity index (χ0n) is 10.8. The van der Waals surface area contributed by atoms with Gasteiger partial charge in [-0.05, 0) is 61.8 Å². The van der Waals surface area contributed by atoms with Gasteiger partial charge in [0.25, 0.3) is 5.91 Å². The fraction of sp³-hybridized carbons (Fsp3) is 0.462. The van der Waals surface area contributed by atoms with Crippen molar-refractivity contribution in [2.45, 2.75) is 38.8 Å². The summed E-state index contributed by atoms with van der Waals surface area (Å²) in [5, 5.41) is 13.4. The van der Waals surface area contributed by atoms with Crippen molar-refractivity contribution < 1.29 is 9.90 Å². The van der Waals surface area contributed by atoms with Crippen molar-refractivity contribution in [3.63, 3.8) is 0 Å². The highest BCUT2D eigenvalue weighted by Gasteiger charge is 2.36. The van der Waals surface area contributed by atoms with Gasteiger partial charge in [-0.3, -0.25) is 4.79 Å². The Bertz CT molecular complexity index is 467. The van der Waals surface area contributed by atoms with Gasteiger partial charge >= 0.3 is 0 Å². The summed E-state index contributed by atoms with van der Waals surface area (Å²) in [6.07, 6.45) is 0. The summed E-state index contributed by atoms with van der Waals surface area (Å²) < 4.78 is 0.624. The van der Waals surface area contributed by atoms with Crippen molar-refractivity contribution in [1.82, 2.24) is 5.32 Å². The molecule has 1 rings (SSSR count). The van der Waals surface area contributed by atoms with Crippen LogP contribution in [0.1, 0.15) is 38.1 Å². The predicted octanol–water partition coefficient (Wildman–Crippen LogP) is 3.38. The average molecular weight is 335 g/mol. The Kier molecular flexibility index (Phi) is 4.47. The average Bonchev–Trinajstić information content (AvgIpc) is 2.14. The first-order valence-corrected chi connectivity index (χ1v) is 6.71. The van der Waals surface area contributed by atoms with Crippen LogP contribution in [-0.4, -0.2) is 22.2 Å². The molecule has 0 heterocycles. The molecule has 5 heteroatoms. The van der Waals surface area contributed by atoms with Crippen molar-refractivity contribution in [3.05, 3.63) is 33.3 Å². The fourth-order valence-corrected chi connectivity index (χ4v) is 2.04. The minimum atomic E-state index is -1.03. The Balaban J connectivity index is 2.96. The monoisotopic (exact) mass is 333 g/mol. The van der Waals surface area contributed by atoms with E-state index in [2.05, 4.69) is 21.2 Å². The molecule has 2 N–H and O–H groups in total. The van der Waals surface area contributed by atoms with Crippen molar-refractivity contribution in [2.24, 2.45) is 0 Å². The molecule has 0 spiro atoms. The quantitative estimate of drug-likeness (QED) is 0.890. The largest absolute Gasteiger partial charge is 0.388 e. The van der Waals surface area contributed by atoms with Gasteiger partial charge in [-0.25, -0.2) is 0 Å². The SMILES string of the molecule is CC(C)(O)C(C)(C)NC(=O)c1ccc(Cl)cc1Br. The maximum absolute atomic E-state index is 12.1. The molecule has 0 bridgehead atoms. The molecule has 18 heavy (non-hydrogen) atoms. The molecule has 0 saturated carbocycles. The molecule has 1 amide bonds. The second kappa shape index (κ2) is 5.19. The van der Waals surface area contributed by atoms with Gasteiger partial charge in [-0.15, -0.1) is 0 Å². The molecule has 0 radical (unpaired) electrons. The zero-order chi connectivity index (χ0) is 14.1. The first-order chi connectivity index (χ1) is 8.04. The minimum absolute atomic E-state index is 0.259. The maximum atomic E-state index is 12.1. The number of nitrogens with one attached hydrogen (secondary N) is 1. The lowest BCUT2D eigenvalue weighted by molar-refractivity contribution is -0.00294. The predicted molar refractivity (Wildman–Crippen MR) is 77.0 cm³/mol. The minimum Gasteiger partial charge on any atom is -0.388 e. The molecule has 0 aliphatic carbocycles. The highest BCUT2D eigenvalue weighted by molar-refractivity contribution is 9.10. The van der Waals surface area contributed by atoms with Gasteiger partial charge in [-0.1, -0.05) is 11.6 Å². The number of carbonyl (C=O) groups excluding carboxylic acids is 1. The molecule has 0 fully saturated rings. The van der Waals surface area contributed by atoms with Crippen LogP contribution in [0.5, 0.6) is 0 Å². The molecule has 1 aromatic carbocycles. The number of amides is 1. The third-order valence-corrected chi connectivity index (χ3v) is 4.02. The van der Waals surface area contributed by atoms with Crippen molar-refractivity contribution in [3.8, 4) is 0 Å². The van der Waals surface area contributed by atoms with Crippen molar-refractivity contribution >= 4 is 33.4 Å². The molecule has 0 aromatic heterocycles. The Morgan fingerprint density at radius 3 is 2.33 bits per heavy atom. The molecule has 1 aromatic rings. The van der Waals surface area contributed by atoms with Crippen molar-refractivity contribution in [2.75, 3.05) is 0 Å². The summed E-state index contributed by atoms with van der Waals surface area (Å²) in [5.41, 5.74) is -1.29. The molecule has 100 valence electrons. The number of aliphatic hydroxyl groups is 1. The fourth-order valence-electron chi connectivity index (χ4n) is 1.18. The molecule has 0 atom stereocenters. The normalized spacial score (nSPS) is 12.4. The molecule has 0 aliphatic rings. The number of carbonyl (C=O) groups is 1. The second-order valence-corrected chi connectivity index (χ2v) is 6.55. The van der Waals surface area contributed by atoms with Gasteiger partial charge in [0.2, 0.25) is 0 Å². The van der Waals surface area contributed by atoms with Crippen LogP contribution < -0.4 is 5.32 Å². The van der Waals surface area contributed by atoms with Crippen LogP contribution in [0.4, 0.5) is 0 Å². The highest BCUT2D eigenvalue weighted by Crippen LogP contribution is 2.24. The summed E-state index contributed by atoms with van der Waals surface area (Å²) in [7, 11) is 0. The van der Waals surface area contributed by atoms with E-state index in [4.69, 9.17) is 11.6 Å². The zero-order valence-corrected chi connectivity index (χ0v) is 13.2. The van der Waals surface area contributed by atoms with Crippen LogP contribution in [0.25, 0.3) is 0 Å². The van der Waals surface area contributed by atoms with E-state index in [0.29, 0.717) is 15.1 Å². The van der Waals surface area contributed by atoms with E-state index in [1.165, 1.54) is 0 Å². The Hall–Kier alpha value is -0.580. The van der Waals surface area contributed by atoms with Gasteiger partial charge < -0.3 is 10.4 Å². The number of hydrogen-bond donors (Lipinski definition) is 2. The Morgan fingerprint density at radius 1 is 1.33 bits per heavy atom. The molecule has 0 unspecified atom stereocenters. The highest BCUT2D eigenvalue weighted by atomic mass is 79.9. The summed E-state index contributed by atoms with van der Waals surface area (Å²) in [4.78, 5) is 12.1.